The van der Waals surface area contributed by atoms with E-state index in [4.69, 9.17) is 0 Å². The van der Waals surface area contributed by atoms with Gasteiger partial charge in [-0.2, -0.15) is 0 Å². The first-order valence-electron chi connectivity index (χ1n) is 5.84. The Bertz CT molecular complexity index is 540. The molecule has 0 aliphatic heterocycles. The molecule has 1 N–H and O–H groups in total. The summed E-state index contributed by atoms with van der Waals surface area (Å²) in [5.74, 6) is -0.771. The lowest BCUT2D eigenvalue weighted by Crippen LogP contribution is -2.19. The number of carboxylic acid groups (broad SMARTS) is 1. The molecule has 0 saturated carbocycles. The van der Waals surface area contributed by atoms with Crippen LogP contribution in [0.15, 0.2) is 59.5 Å². The second-order valence-electron chi connectivity index (χ2n) is 4.09. The van der Waals surface area contributed by atoms with Crippen molar-refractivity contribution in [3.63, 3.8) is 0 Å². The van der Waals surface area contributed by atoms with E-state index in [2.05, 4.69) is 22.6 Å². The fourth-order valence-corrected chi connectivity index (χ4v) is 3.06. The molecule has 0 aliphatic carbocycles. The van der Waals surface area contributed by atoms with Gasteiger partial charge in [-0.25, -0.2) is 0 Å². The molecule has 0 amide bonds. The first-order chi connectivity index (χ1) is 9.15. The number of thioether (sulfide) groups is 1. The highest BCUT2D eigenvalue weighted by molar-refractivity contribution is 14.1. The fourth-order valence-electron chi connectivity index (χ4n) is 1.68. The third-order valence-electron chi connectivity index (χ3n) is 2.63. The summed E-state index contributed by atoms with van der Waals surface area (Å²) in [5, 5.41) is 8.87. The van der Waals surface area contributed by atoms with Crippen molar-refractivity contribution in [2.45, 2.75) is 16.6 Å². The van der Waals surface area contributed by atoms with Crippen molar-refractivity contribution >= 4 is 40.3 Å². The SMILES string of the molecule is O=C(O)C(Cc1ccc(I)cc1)Sc1ccccc1. The average molecular weight is 384 g/mol. The van der Waals surface area contributed by atoms with Crippen LogP contribution < -0.4 is 0 Å². The number of rotatable bonds is 5. The molecule has 2 aromatic carbocycles. The highest BCUT2D eigenvalue weighted by Crippen LogP contribution is 2.26. The van der Waals surface area contributed by atoms with Crippen LogP contribution in [-0.4, -0.2) is 16.3 Å². The van der Waals surface area contributed by atoms with Crippen LogP contribution in [0.5, 0.6) is 0 Å². The number of aliphatic carboxylic acids is 1. The molecule has 19 heavy (non-hydrogen) atoms. The van der Waals surface area contributed by atoms with E-state index in [-0.39, 0.29) is 0 Å². The lowest BCUT2D eigenvalue weighted by molar-refractivity contribution is -0.136. The third kappa shape index (κ3) is 4.54. The molecule has 1 atom stereocenters. The van der Waals surface area contributed by atoms with Gasteiger partial charge in [0.15, 0.2) is 0 Å². The molecule has 2 nitrogen and oxygen atoms in total. The molecule has 2 aromatic rings. The quantitative estimate of drug-likeness (QED) is 0.624. The summed E-state index contributed by atoms with van der Waals surface area (Å²) in [5.41, 5.74) is 1.05. The average Bonchev–Trinajstić information content (AvgIpc) is 2.41. The molecular formula is C15H13IO2S. The van der Waals surface area contributed by atoms with Gasteiger partial charge in [-0.15, -0.1) is 11.8 Å². The summed E-state index contributed by atoms with van der Waals surface area (Å²) in [6.45, 7) is 0. The largest absolute Gasteiger partial charge is 0.480 e. The predicted octanol–water partition coefficient (Wildman–Crippen LogP) is 4.08. The van der Waals surface area contributed by atoms with E-state index in [0.717, 1.165) is 14.0 Å². The second kappa shape index (κ2) is 6.96. The molecule has 0 bridgehead atoms. The van der Waals surface area contributed by atoms with E-state index in [9.17, 15) is 9.90 Å². The third-order valence-corrected chi connectivity index (χ3v) is 4.55. The smallest absolute Gasteiger partial charge is 0.317 e. The van der Waals surface area contributed by atoms with Crippen molar-refractivity contribution < 1.29 is 9.90 Å². The molecule has 0 spiro atoms. The van der Waals surface area contributed by atoms with Crippen LogP contribution in [0.1, 0.15) is 5.56 Å². The molecule has 0 saturated heterocycles. The van der Waals surface area contributed by atoms with Gasteiger partial charge >= 0.3 is 5.97 Å². The number of hydrogen-bond acceptors (Lipinski definition) is 2. The zero-order valence-corrected chi connectivity index (χ0v) is 13.1. The molecule has 0 fully saturated rings. The number of carboxylic acids is 1. The summed E-state index contributed by atoms with van der Waals surface area (Å²) in [7, 11) is 0. The number of halogens is 1. The summed E-state index contributed by atoms with van der Waals surface area (Å²) < 4.78 is 1.16. The molecular weight excluding hydrogens is 371 g/mol. The Balaban J connectivity index is 2.08. The van der Waals surface area contributed by atoms with Crippen molar-refractivity contribution in [2.24, 2.45) is 0 Å². The van der Waals surface area contributed by atoms with Gasteiger partial charge in [-0.05, 0) is 58.8 Å². The van der Waals surface area contributed by atoms with E-state index in [1.165, 1.54) is 11.8 Å². The van der Waals surface area contributed by atoms with E-state index < -0.39 is 11.2 Å². The Kier molecular flexibility index (Phi) is 5.27. The first-order valence-corrected chi connectivity index (χ1v) is 7.80. The van der Waals surface area contributed by atoms with Gasteiger partial charge in [0.25, 0.3) is 0 Å². The van der Waals surface area contributed by atoms with Gasteiger partial charge in [0.2, 0.25) is 0 Å². The maximum absolute atomic E-state index is 11.4. The van der Waals surface area contributed by atoms with Crippen LogP contribution in [0.2, 0.25) is 0 Å². The van der Waals surface area contributed by atoms with Gasteiger partial charge in [0.1, 0.15) is 5.25 Å². The summed E-state index contributed by atoms with van der Waals surface area (Å²) in [4.78, 5) is 12.3. The topological polar surface area (TPSA) is 37.3 Å². The number of carbonyl (C=O) groups is 1. The molecule has 0 radical (unpaired) electrons. The Morgan fingerprint density at radius 1 is 1.11 bits per heavy atom. The minimum atomic E-state index is -0.771. The van der Waals surface area contributed by atoms with Crippen molar-refractivity contribution in [2.75, 3.05) is 0 Å². The maximum Gasteiger partial charge on any atom is 0.317 e. The minimum absolute atomic E-state index is 0.456. The standard InChI is InChI=1S/C15H13IO2S/c16-12-8-6-11(7-9-12)10-14(15(17)18)19-13-4-2-1-3-5-13/h1-9,14H,10H2,(H,17,18). The van der Waals surface area contributed by atoms with E-state index >= 15 is 0 Å². The van der Waals surface area contributed by atoms with Crippen molar-refractivity contribution in [3.8, 4) is 0 Å². The highest BCUT2D eigenvalue weighted by Gasteiger charge is 2.19. The van der Waals surface area contributed by atoms with Crippen molar-refractivity contribution in [1.82, 2.24) is 0 Å². The Hall–Kier alpha value is -1.01. The lowest BCUT2D eigenvalue weighted by Gasteiger charge is -2.12. The van der Waals surface area contributed by atoms with E-state index in [1.54, 1.807) is 0 Å². The zero-order valence-electron chi connectivity index (χ0n) is 10.1. The normalized spacial score (nSPS) is 12.1. The summed E-state index contributed by atoms with van der Waals surface area (Å²) >= 11 is 3.64. The van der Waals surface area contributed by atoms with Crippen LogP contribution in [0.25, 0.3) is 0 Å². The van der Waals surface area contributed by atoms with Crippen molar-refractivity contribution in [3.05, 3.63) is 63.7 Å². The van der Waals surface area contributed by atoms with E-state index in [0.29, 0.717) is 6.42 Å². The fraction of sp³-hybridized carbons (Fsp3) is 0.133. The first kappa shape index (κ1) is 14.4. The van der Waals surface area contributed by atoms with E-state index in [1.807, 2.05) is 54.6 Å². The minimum Gasteiger partial charge on any atom is -0.480 e. The molecule has 98 valence electrons. The predicted molar refractivity (Wildman–Crippen MR) is 86.6 cm³/mol. The molecule has 4 heteroatoms. The lowest BCUT2D eigenvalue weighted by atomic mass is 10.1. The molecule has 0 heterocycles. The Labute approximate surface area is 130 Å². The second-order valence-corrected chi connectivity index (χ2v) is 6.61. The Morgan fingerprint density at radius 3 is 2.32 bits per heavy atom. The van der Waals surface area contributed by atoms with Crippen LogP contribution in [0.4, 0.5) is 0 Å². The van der Waals surface area contributed by atoms with Crippen molar-refractivity contribution in [1.29, 1.82) is 0 Å². The molecule has 1 unspecified atom stereocenters. The van der Waals surface area contributed by atoms with Gasteiger partial charge in [-0.1, -0.05) is 30.3 Å². The Morgan fingerprint density at radius 2 is 1.74 bits per heavy atom. The van der Waals surface area contributed by atoms with Gasteiger partial charge in [-0.3, -0.25) is 4.79 Å². The number of hydrogen-bond donors (Lipinski definition) is 1. The van der Waals surface area contributed by atoms with Crippen LogP contribution in [-0.2, 0) is 11.2 Å². The summed E-state index contributed by atoms with van der Waals surface area (Å²) in [6.07, 6.45) is 0.534. The highest BCUT2D eigenvalue weighted by atomic mass is 127. The van der Waals surface area contributed by atoms with Crippen LogP contribution >= 0.6 is 34.4 Å². The van der Waals surface area contributed by atoms with Crippen LogP contribution in [0.3, 0.4) is 0 Å². The number of benzene rings is 2. The zero-order chi connectivity index (χ0) is 13.7. The van der Waals surface area contributed by atoms with Crippen LogP contribution in [0, 0.1) is 3.57 Å². The van der Waals surface area contributed by atoms with Gasteiger partial charge in [0, 0.05) is 8.47 Å². The molecule has 0 aliphatic rings. The summed E-state index contributed by atoms with van der Waals surface area (Å²) in [6, 6.07) is 17.6. The van der Waals surface area contributed by atoms with Gasteiger partial charge < -0.3 is 5.11 Å². The molecule has 0 aromatic heterocycles. The monoisotopic (exact) mass is 384 g/mol. The van der Waals surface area contributed by atoms with Gasteiger partial charge in [0.05, 0.1) is 0 Å². The maximum atomic E-state index is 11.4. The molecule has 2 rings (SSSR count).